The van der Waals surface area contributed by atoms with E-state index >= 15 is 0 Å². The molecular formula is C18H18N2O. The predicted octanol–water partition coefficient (Wildman–Crippen LogP) is 3.11. The molecule has 1 unspecified atom stereocenters. The highest BCUT2D eigenvalue weighted by Crippen LogP contribution is 2.25. The van der Waals surface area contributed by atoms with E-state index in [0.717, 1.165) is 30.8 Å². The van der Waals surface area contributed by atoms with Crippen LogP contribution >= 0.6 is 0 Å². The lowest BCUT2D eigenvalue weighted by atomic mass is 10.0. The summed E-state index contributed by atoms with van der Waals surface area (Å²) in [6.07, 6.45) is 6.34. The predicted molar refractivity (Wildman–Crippen MR) is 83.7 cm³/mol. The van der Waals surface area contributed by atoms with Gasteiger partial charge in [0.25, 0.3) is 0 Å². The average molecular weight is 278 g/mol. The van der Waals surface area contributed by atoms with Crippen molar-refractivity contribution in [3.63, 3.8) is 0 Å². The molecule has 21 heavy (non-hydrogen) atoms. The first-order chi connectivity index (χ1) is 10.3. The third kappa shape index (κ3) is 3.37. The Morgan fingerprint density at radius 1 is 1.14 bits per heavy atom. The second-order valence-electron chi connectivity index (χ2n) is 5.27. The van der Waals surface area contributed by atoms with Gasteiger partial charge in [0.05, 0.1) is 0 Å². The monoisotopic (exact) mass is 278 g/mol. The van der Waals surface area contributed by atoms with E-state index in [0.29, 0.717) is 5.92 Å². The molecule has 3 nitrogen and oxygen atoms in total. The normalized spacial score (nSPS) is 18.3. The molecule has 2 aromatic rings. The molecule has 0 bridgehead atoms. The first kappa shape index (κ1) is 13.6. The van der Waals surface area contributed by atoms with Crippen LogP contribution in [0.15, 0.2) is 60.8 Å². The molecule has 1 aliphatic heterocycles. The maximum atomic E-state index is 12.2. The average Bonchev–Trinajstić information content (AvgIpc) is 3.04. The fourth-order valence-corrected chi connectivity index (χ4v) is 2.66. The number of carbonyl (C=O) groups excluding carboxylic acids is 1. The van der Waals surface area contributed by atoms with Gasteiger partial charge in [-0.1, -0.05) is 36.4 Å². The highest BCUT2D eigenvalue weighted by molar-refractivity contribution is 5.92. The van der Waals surface area contributed by atoms with Crippen molar-refractivity contribution in [2.45, 2.75) is 12.3 Å². The first-order valence-corrected chi connectivity index (χ1v) is 7.26. The van der Waals surface area contributed by atoms with E-state index in [2.05, 4.69) is 4.98 Å². The maximum absolute atomic E-state index is 12.2. The summed E-state index contributed by atoms with van der Waals surface area (Å²) in [5, 5.41) is 0. The van der Waals surface area contributed by atoms with Gasteiger partial charge in [-0.2, -0.15) is 0 Å². The second-order valence-corrected chi connectivity index (χ2v) is 5.27. The van der Waals surface area contributed by atoms with Crippen LogP contribution in [0.1, 0.15) is 23.6 Å². The van der Waals surface area contributed by atoms with Gasteiger partial charge in [0, 0.05) is 37.0 Å². The van der Waals surface area contributed by atoms with E-state index in [1.54, 1.807) is 6.08 Å². The zero-order valence-corrected chi connectivity index (χ0v) is 11.9. The van der Waals surface area contributed by atoms with Crippen molar-refractivity contribution < 1.29 is 4.79 Å². The van der Waals surface area contributed by atoms with E-state index < -0.39 is 0 Å². The van der Waals surface area contributed by atoms with Crippen LogP contribution in [0, 0.1) is 0 Å². The van der Waals surface area contributed by atoms with Crippen LogP contribution in [0.2, 0.25) is 0 Å². The van der Waals surface area contributed by atoms with Crippen LogP contribution in [-0.2, 0) is 4.79 Å². The number of carbonyl (C=O) groups is 1. The molecule has 0 radical (unpaired) electrons. The van der Waals surface area contributed by atoms with Crippen molar-refractivity contribution in [1.82, 2.24) is 9.88 Å². The van der Waals surface area contributed by atoms with Gasteiger partial charge in [0.2, 0.25) is 5.91 Å². The molecular weight excluding hydrogens is 260 g/mol. The Labute approximate surface area is 124 Å². The minimum absolute atomic E-state index is 0.0808. The lowest BCUT2D eigenvalue weighted by molar-refractivity contribution is -0.124. The fraction of sp³-hybridized carbons (Fsp3) is 0.222. The Morgan fingerprint density at radius 3 is 2.71 bits per heavy atom. The summed E-state index contributed by atoms with van der Waals surface area (Å²) in [6, 6.07) is 15.9. The number of benzene rings is 1. The van der Waals surface area contributed by atoms with Crippen molar-refractivity contribution in [1.29, 1.82) is 0 Å². The number of rotatable bonds is 3. The van der Waals surface area contributed by atoms with Gasteiger partial charge in [0.1, 0.15) is 0 Å². The summed E-state index contributed by atoms with van der Waals surface area (Å²) >= 11 is 0. The highest BCUT2D eigenvalue weighted by atomic mass is 16.2. The molecule has 1 amide bonds. The molecule has 0 spiro atoms. The van der Waals surface area contributed by atoms with Gasteiger partial charge in [-0.3, -0.25) is 9.78 Å². The summed E-state index contributed by atoms with van der Waals surface area (Å²) in [6.45, 7) is 1.56. The molecule has 1 atom stereocenters. The molecule has 3 heteroatoms. The molecule has 1 aromatic carbocycles. The van der Waals surface area contributed by atoms with Crippen molar-refractivity contribution in [3.8, 4) is 0 Å². The number of hydrogen-bond donors (Lipinski definition) is 0. The first-order valence-electron chi connectivity index (χ1n) is 7.26. The number of hydrogen-bond acceptors (Lipinski definition) is 2. The maximum Gasteiger partial charge on any atom is 0.246 e. The Hall–Kier alpha value is -2.42. The van der Waals surface area contributed by atoms with Gasteiger partial charge in [0.15, 0.2) is 0 Å². The minimum Gasteiger partial charge on any atom is -0.338 e. The van der Waals surface area contributed by atoms with Gasteiger partial charge in [-0.25, -0.2) is 0 Å². The van der Waals surface area contributed by atoms with Crippen LogP contribution in [0.5, 0.6) is 0 Å². The molecule has 0 aliphatic carbocycles. The molecule has 106 valence electrons. The van der Waals surface area contributed by atoms with Crippen LogP contribution in [0.3, 0.4) is 0 Å². The third-order valence-corrected chi connectivity index (χ3v) is 3.82. The van der Waals surface area contributed by atoms with Crippen molar-refractivity contribution in [2.75, 3.05) is 13.1 Å². The van der Waals surface area contributed by atoms with Crippen molar-refractivity contribution in [2.24, 2.45) is 0 Å². The molecule has 2 heterocycles. The number of amides is 1. The zero-order valence-electron chi connectivity index (χ0n) is 11.9. The fourth-order valence-electron chi connectivity index (χ4n) is 2.66. The molecule has 1 aromatic heterocycles. The van der Waals surface area contributed by atoms with Gasteiger partial charge >= 0.3 is 0 Å². The summed E-state index contributed by atoms with van der Waals surface area (Å²) in [7, 11) is 0. The van der Waals surface area contributed by atoms with E-state index in [4.69, 9.17) is 0 Å². The van der Waals surface area contributed by atoms with Crippen LogP contribution in [0.25, 0.3) is 6.08 Å². The lowest BCUT2D eigenvalue weighted by Gasteiger charge is -2.14. The third-order valence-electron chi connectivity index (χ3n) is 3.82. The summed E-state index contributed by atoms with van der Waals surface area (Å²) in [5.41, 5.74) is 2.13. The summed E-state index contributed by atoms with van der Waals surface area (Å²) in [4.78, 5) is 18.5. The molecule has 1 saturated heterocycles. The number of aromatic nitrogens is 1. The van der Waals surface area contributed by atoms with Gasteiger partial charge in [-0.05, 0) is 30.2 Å². The van der Waals surface area contributed by atoms with E-state index in [1.165, 1.54) is 0 Å². The molecule has 1 aliphatic rings. The standard InChI is InChI=1S/C18H18N2O/c21-18(10-9-15-6-2-1-3-7-15)20-13-11-16(14-20)17-8-4-5-12-19-17/h1-10,12,16H,11,13-14H2/b10-9+. The molecule has 0 N–H and O–H groups in total. The molecule has 1 fully saturated rings. The van der Waals surface area contributed by atoms with Crippen molar-refractivity contribution >= 4 is 12.0 Å². The van der Waals surface area contributed by atoms with Crippen LogP contribution in [-0.4, -0.2) is 28.9 Å². The number of nitrogens with zero attached hydrogens (tertiary/aromatic N) is 2. The van der Waals surface area contributed by atoms with Gasteiger partial charge < -0.3 is 4.90 Å². The molecule has 3 rings (SSSR count). The van der Waals surface area contributed by atoms with Crippen molar-refractivity contribution in [3.05, 3.63) is 72.1 Å². The lowest BCUT2D eigenvalue weighted by Crippen LogP contribution is -2.26. The molecule has 0 saturated carbocycles. The Morgan fingerprint density at radius 2 is 1.95 bits per heavy atom. The van der Waals surface area contributed by atoms with Crippen LogP contribution < -0.4 is 0 Å². The zero-order chi connectivity index (χ0) is 14.5. The Kier molecular flexibility index (Phi) is 4.10. The smallest absolute Gasteiger partial charge is 0.246 e. The highest BCUT2D eigenvalue weighted by Gasteiger charge is 2.26. The van der Waals surface area contributed by atoms with Gasteiger partial charge in [-0.15, -0.1) is 0 Å². The van der Waals surface area contributed by atoms with E-state index in [9.17, 15) is 4.79 Å². The quantitative estimate of drug-likeness (QED) is 0.808. The van der Waals surface area contributed by atoms with E-state index in [-0.39, 0.29) is 5.91 Å². The largest absolute Gasteiger partial charge is 0.338 e. The Bertz CT molecular complexity index is 622. The summed E-state index contributed by atoms with van der Waals surface area (Å²) < 4.78 is 0. The Balaban J connectivity index is 1.61. The second kappa shape index (κ2) is 6.35. The topological polar surface area (TPSA) is 33.2 Å². The van der Waals surface area contributed by atoms with E-state index in [1.807, 2.05) is 65.7 Å². The number of likely N-dealkylation sites (tertiary alicyclic amines) is 1. The minimum atomic E-state index is 0.0808. The summed E-state index contributed by atoms with van der Waals surface area (Å²) in [5.74, 6) is 0.442. The SMILES string of the molecule is O=C(/C=C/c1ccccc1)N1CCC(c2ccccn2)C1. The van der Waals surface area contributed by atoms with Crippen LogP contribution in [0.4, 0.5) is 0 Å². The number of pyridine rings is 1.